The van der Waals surface area contributed by atoms with Crippen molar-refractivity contribution in [3.05, 3.63) is 0 Å². The van der Waals surface area contributed by atoms with Gasteiger partial charge >= 0.3 is 0 Å². The fourth-order valence-corrected chi connectivity index (χ4v) is 1.50. The highest BCUT2D eigenvalue weighted by molar-refractivity contribution is 6.18. The van der Waals surface area contributed by atoms with Gasteiger partial charge in [0.05, 0.1) is 6.61 Å². The van der Waals surface area contributed by atoms with Crippen molar-refractivity contribution in [2.75, 3.05) is 39.2 Å². The van der Waals surface area contributed by atoms with Crippen molar-refractivity contribution >= 4 is 11.6 Å². The minimum atomic E-state index is 0.718. The van der Waals surface area contributed by atoms with E-state index in [1.165, 1.54) is 19.3 Å². The lowest BCUT2D eigenvalue weighted by Gasteiger charge is -2.20. The van der Waals surface area contributed by atoms with Crippen LogP contribution in [0.5, 0.6) is 0 Å². The summed E-state index contributed by atoms with van der Waals surface area (Å²) >= 11 is 5.71. The molecule has 3 heteroatoms. The Labute approximate surface area is 87.2 Å². The number of hydrogen-bond acceptors (Lipinski definition) is 2. The molecular formula is C10H22ClNO. The lowest BCUT2D eigenvalue weighted by atomic mass is 10.2. The van der Waals surface area contributed by atoms with E-state index in [0.717, 1.165) is 32.1 Å². The van der Waals surface area contributed by atoms with Crippen LogP contribution in [0.3, 0.4) is 0 Å². The van der Waals surface area contributed by atoms with Crippen LogP contribution in [0.25, 0.3) is 0 Å². The molecule has 0 N–H and O–H groups in total. The first-order valence-electron chi connectivity index (χ1n) is 5.12. The summed E-state index contributed by atoms with van der Waals surface area (Å²) in [6.07, 6.45) is 3.86. The Balaban J connectivity index is 3.41. The van der Waals surface area contributed by atoms with Crippen LogP contribution in [-0.2, 0) is 4.74 Å². The average Bonchev–Trinajstić information content (AvgIpc) is 2.14. The van der Waals surface area contributed by atoms with E-state index in [1.54, 1.807) is 7.11 Å². The molecule has 0 rings (SSSR count). The SMILES string of the molecule is CCCCCN(CCCl)CCOC. The van der Waals surface area contributed by atoms with Crippen LogP contribution >= 0.6 is 11.6 Å². The summed E-state index contributed by atoms with van der Waals surface area (Å²) in [5.41, 5.74) is 0. The van der Waals surface area contributed by atoms with Crippen molar-refractivity contribution in [1.29, 1.82) is 0 Å². The Hall–Kier alpha value is 0.210. The zero-order valence-corrected chi connectivity index (χ0v) is 9.65. The summed E-state index contributed by atoms with van der Waals surface area (Å²) in [5.74, 6) is 0.718. The minimum absolute atomic E-state index is 0.718. The summed E-state index contributed by atoms with van der Waals surface area (Å²) in [6.45, 7) is 6.18. The second-order valence-electron chi connectivity index (χ2n) is 3.23. The maximum absolute atomic E-state index is 5.71. The Kier molecular flexibility index (Phi) is 10.5. The van der Waals surface area contributed by atoms with E-state index in [1.807, 2.05) is 0 Å². The smallest absolute Gasteiger partial charge is 0.0589 e. The molecule has 80 valence electrons. The Bertz CT molecular complexity index is 101. The van der Waals surface area contributed by atoms with Gasteiger partial charge < -0.3 is 4.74 Å². The molecule has 0 saturated heterocycles. The van der Waals surface area contributed by atoms with Gasteiger partial charge in [0.15, 0.2) is 0 Å². The van der Waals surface area contributed by atoms with Crippen molar-refractivity contribution in [3.63, 3.8) is 0 Å². The number of methoxy groups -OCH3 is 1. The largest absolute Gasteiger partial charge is 0.383 e. The number of alkyl halides is 1. The molecule has 13 heavy (non-hydrogen) atoms. The monoisotopic (exact) mass is 207 g/mol. The third kappa shape index (κ3) is 8.54. The highest BCUT2D eigenvalue weighted by atomic mass is 35.5. The van der Waals surface area contributed by atoms with Crippen molar-refractivity contribution < 1.29 is 4.74 Å². The fraction of sp³-hybridized carbons (Fsp3) is 1.00. The molecule has 0 aliphatic heterocycles. The minimum Gasteiger partial charge on any atom is -0.383 e. The van der Waals surface area contributed by atoms with Gasteiger partial charge in [-0.1, -0.05) is 19.8 Å². The third-order valence-corrected chi connectivity index (χ3v) is 2.26. The first-order valence-corrected chi connectivity index (χ1v) is 5.65. The first-order chi connectivity index (χ1) is 6.35. The topological polar surface area (TPSA) is 12.5 Å². The van der Waals surface area contributed by atoms with Crippen molar-refractivity contribution in [2.24, 2.45) is 0 Å². The van der Waals surface area contributed by atoms with E-state index in [-0.39, 0.29) is 0 Å². The maximum Gasteiger partial charge on any atom is 0.0589 e. The summed E-state index contributed by atoms with van der Waals surface area (Å²) in [5, 5.41) is 0. The van der Waals surface area contributed by atoms with E-state index in [2.05, 4.69) is 11.8 Å². The summed E-state index contributed by atoms with van der Waals surface area (Å²) in [6, 6.07) is 0. The van der Waals surface area contributed by atoms with E-state index >= 15 is 0 Å². The van der Waals surface area contributed by atoms with Gasteiger partial charge in [-0.3, -0.25) is 4.90 Å². The molecular weight excluding hydrogens is 186 g/mol. The maximum atomic E-state index is 5.71. The molecule has 0 aliphatic carbocycles. The summed E-state index contributed by atoms with van der Waals surface area (Å²) in [7, 11) is 1.74. The van der Waals surface area contributed by atoms with Gasteiger partial charge in [-0.25, -0.2) is 0 Å². The van der Waals surface area contributed by atoms with Crippen LogP contribution in [0.4, 0.5) is 0 Å². The van der Waals surface area contributed by atoms with Crippen LogP contribution in [0.2, 0.25) is 0 Å². The second kappa shape index (κ2) is 10.3. The highest BCUT2D eigenvalue weighted by Gasteiger charge is 2.02. The molecule has 0 saturated carbocycles. The normalized spacial score (nSPS) is 11.1. The Morgan fingerprint density at radius 2 is 1.92 bits per heavy atom. The van der Waals surface area contributed by atoms with Crippen LogP contribution < -0.4 is 0 Å². The summed E-state index contributed by atoms with van der Waals surface area (Å²) in [4.78, 5) is 2.37. The molecule has 0 bridgehead atoms. The predicted molar refractivity (Wildman–Crippen MR) is 58.6 cm³/mol. The number of ether oxygens (including phenoxy) is 1. The molecule has 0 atom stereocenters. The van der Waals surface area contributed by atoms with Crippen molar-refractivity contribution in [3.8, 4) is 0 Å². The number of rotatable bonds is 9. The molecule has 0 fully saturated rings. The average molecular weight is 208 g/mol. The molecule has 0 aromatic rings. The summed E-state index contributed by atoms with van der Waals surface area (Å²) < 4.78 is 5.04. The third-order valence-electron chi connectivity index (χ3n) is 2.09. The molecule has 0 spiro atoms. The predicted octanol–water partition coefficient (Wildman–Crippen LogP) is 2.36. The molecule has 0 aromatic carbocycles. The number of nitrogens with zero attached hydrogens (tertiary/aromatic N) is 1. The van der Waals surface area contributed by atoms with Gasteiger partial charge in [-0.05, 0) is 13.0 Å². The quantitative estimate of drug-likeness (QED) is 0.425. The zero-order chi connectivity index (χ0) is 9.94. The van der Waals surface area contributed by atoms with Crippen molar-refractivity contribution in [2.45, 2.75) is 26.2 Å². The standard InChI is InChI=1S/C10H22ClNO/c1-3-4-5-7-12(8-6-11)9-10-13-2/h3-10H2,1-2H3. The van der Waals surface area contributed by atoms with Gasteiger partial charge in [0.25, 0.3) is 0 Å². The fourth-order valence-electron chi connectivity index (χ4n) is 1.26. The van der Waals surface area contributed by atoms with Gasteiger partial charge in [-0.15, -0.1) is 11.6 Å². The van der Waals surface area contributed by atoms with E-state index in [9.17, 15) is 0 Å². The number of unbranched alkanes of at least 4 members (excludes halogenated alkanes) is 2. The van der Waals surface area contributed by atoms with Gasteiger partial charge in [0.1, 0.15) is 0 Å². The van der Waals surface area contributed by atoms with Gasteiger partial charge in [-0.2, -0.15) is 0 Å². The molecule has 0 amide bonds. The molecule has 0 heterocycles. The first kappa shape index (κ1) is 13.2. The van der Waals surface area contributed by atoms with Gasteiger partial charge in [0.2, 0.25) is 0 Å². The Morgan fingerprint density at radius 1 is 1.15 bits per heavy atom. The lowest BCUT2D eigenvalue weighted by molar-refractivity contribution is 0.150. The molecule has 2 nitrogen and oxygen atoms in total. The number of hydrogen-bond donors (Lipinski definition) is 0. The molecule has 0 aromatic heterocycles. The van der Waals surface area contributed by atoms with E-state index in [4.69, 9.17) is 16.3 Å². The number of halogens is 1. The molecule has 0 unspecified atom stereocenters. The van der Waals surface area contributed by atoms with Gasteiger partial charge in [0, 0.05) is 26.1 Å². The van der Waals surface area contributed by atoms with E-state index in [0.29, 0.717) is 0 Å². The van der Waals surface area contributed by atoms with Crippen LogP contribution in [0, 0.1) is 0 Å². The van der Waals surface area contributed by atoms with Crippen LogP contribution in [-0.4, -0.2) is 44.1 Å². The van der Waals surface area contributed by atoms with Crippen LogP contribution in [0.15, 0.2) is 0 Å². The molecule has 0 aliphatic rings. The Morgan fingerprint density at radius 3 is 2.46 bits per heavy atom. The molecule has 0 radical (unpaired) electrons. The van der Waals surface area contributed by atoms with E-state index < -0.39 is 0 Å². The van der Waals surface area contributed by atoms with Crippen molar-refractivity contribution in [1.82, 2.24) is 4.90 Å². The zero-order valence-electron chi connectivity index (χ0n) is 8.89. The van der Waals surface area contributed by atoms with Crippen LogP contribution in [0.1, 0.15) is 26.2 Å². The lowest BCUT2D eigenvalue weighted by Crippen LogP contribution is -2.30. The highest BCUT2D eigenvalue weighted by Crippen LogP contribution is 1.98. The second-order valence-corrected chi connectivity index (χ2v) is 3.61.